The summed E-state index contributed by atoms with van der Waals surface area (Å²) in [5.41, 5.74) is -0.0366. The normalized spacial score (nSPS) is 48.8. The topological polar surface area (TPSA) is 35.5 Å². The summed E-state index contributed by atoms with van der Waals surface area (Å²) < 4.78 is 11.8. The summed E-state index contributed by atoms with van der Waals surface area (Å²) in [5.74, 6) is 7.03. The molecular weight excluding hydrogens is 324 g/mol. The Morgan fingerprint density at radius 2 is 1.50 bits per heavy atom. The standard InChI is InChI=1S/C23H36O3/c1-5-22(3,4)21(24)26-13(2)25-12-23-9-18-15-6-14-7-16(18)20(11-23)17(8-14)19(15)10-23/h13-20H,5-12H2,1-4H3. The fraction of sp³-hybridized carbons (Fsp3) is 0.957. The van der Waals surface area contributed by atoms with Crippen LogP contribution in [0.25, 0.3) is 0 Å². The summed E-state index contributed by atoms with van der Waals surface area (Å²) in [7, 11) is 0. The van der Waals surface area contributed by atoms with Gasteiger partial charge in [0, 0.05) is 0 Å². The molecule has 0 N–H and O–H groups in total. The minimum absolute atomic E-state index is 0.131. The van der Waals surface area contributed by atoms with E-state index in [2.05, 4.69) is 0 Å². The van der Waals surface area contributed by atoms with E-state index in [4.69, 9.17) is 9.47 Å². The molecule has 0 aliphatic heterocycles. The third kappa shape index (κ3) is 2.45. The predicted octanol–water partition coefficient (Wildman–Crippen LogP) is 5.04. The van der Waals surface area contributed by atoms with Gasteiger partial charge in [-0.2, -0.15) is 0 Å². The molecule has 146 valence electrons. The van der Waals surface area contributed by atoms with E-state index in [1.807, 2.05) is 27.7 Å². The van der Waals surface area contributed by atoms with Crippen LogP contribution >= 0.6 is 0 Å². The van der Waals surface area contributed by atoms with Crippen LogP contribution in [0.1, 0.15) is 72.6 Å². The van der Waals surface area contributed by atoms with Gasteiger partial charge in [-0.3, -0.25) is 4.79 Å². The summed E-state index contributed by atoms with van der Waals surface area (Å²) in [6.45, 7) is 8.63. The summed E-state index contributed by atoms with van der Waals surface area (Å²) in [5, 5.41) is 0. The number of rotatable bonds is 6. The van der Waals surface area contributed by atoms with Crippen molar-refractivity contribution in [3.63, 3.8) is 0 Å². The van der Waals surface area contributed by atoms with Crippen molar-refractivity contribution >= 4 is 5.97 Å². The Hall–Kier alpha value is -0.570. The number of esters is 1. The maximum Gasteiger partial charge on any atom is 0.313 e. The molecule has 3 nitrogen and oxygen atoms in total. The number of ether oxygens (including phenoxy) is 2. The average molecular weight is 361 g/mol. The minimum atomic E-state index is -0.422. The van der Waals surface area contributed by atoms with Crippen LogP contribution < -0.4 is 0 Å². The summed E-state index contributed by atoms with van der Waals surface area (Å²) in [4.78, 5) is 12.3. The molecule has 0 spiro atoms. The Balaban J connectivity index is 1.23. The van der Waals surface area contributed by atoms with Crippen molar-refractivity contribution < 1.29 is 14.3 Å². The molecular formula is C23H36O3. The third-order valence-corrected chi connectivity index (χ3v) is 9.46. The lowest BCUT2D eigenvalue weighted by Gasteiger charge is -2.72. The van der Waals surface area contributed by atoms with Crippen molar-refractivity contribution in [3.8, 4) is 0 Å². The van der Waals surface area contributed by atoms with Crippen molar-refractivity contribution in [1.29, 1.82) is 0 Å². The molecule has 0 saturated heterocycles. The van der Waals surface area contributed by atoms with Crippen LogP contribution in [-0.2, 0) is 14.3 Å². The van der Waals surface area contributed by atoms with Crippen molar-refractivity contribution in [1.82, 2.24) is 0 Å². The highest BCUT2D eigenvalue weighted by atomic mass is 16.7. The smallest absolute Gasteiger partial charge is 0.313 e. The number of carbonyl (C=O) groups excluding carboxylic acids is 1. The maximum absolute atomic E-state index is 12.3. The van der Waals surface area contributed by atoms with E-state index in [0.717, 1.165) is 54.5 Å². The third-order valence-electron chi connectivity index (χ3n) is 9.46. The fourth-order valence-corrected chi connectivity index (χ4v) is 8.01. The maximum atomic E-state index is 12.3. The van der Waals surface area contributed by atoms with E-state index in [0.29, 0.717) is 5.41 Å². The molecule has 7 aliphatic rings. The summed E-state index contributed by atoms with van der Waals surface area (Å²) in [6.07, 6.45) is 9.12. The molecule has 0 aromatic heterocycles. The molecule has 0 radical (unpaired) electrons. The first-order chi connectivity index (χ1) is 12.3. The van der Waals surface area contributed by atoms with E-state index in [1.165, 1.54) is 38.5 Å². The zero-order valence-electron chi connectivity index (χ0n) is 17.0. The molecule has 3 heteroatoms. The first-order valence-electron chi connectivity index (χ1n) is 11.1. The average Bonchev–Trinajstić information content (AvgIpc) is 2.63. The Kier molecular flexibility index (Phi) is 3.85. The van der Waals surface area contributed by atoms with E-state index in [-0.39, 0.29) is 5.97 Å². The summed E-state index contributed by atoms with van der Waals surface area (Å²) in [6, 6.07) is 0. The second-order valence-corrected chi connectivity index (χ2v) is 11.2. The van der Waals surface area contributed by atoms with Crippen molar-refractivity contribution in [2.75, 3.05) is 6.61 Å². The van der Waals surface area contributed by atoms with Gasteiger partial charge >= 0.3 is 5.97 Å². The molecule has 7 aliphatic carbocycles. The van der Waals surface area contributed by atoms with Gasteiger partial charge in [-0.25, -0.2) is 0 Å². The number of hydrogen-bond acceptors (Lipinski definition) is 3. The SMILES string of the molecule is CCC(C)(C)C(=O)OC(C)OCC12CC3C4CC5CC3C(C1)C(C5)C4C2. The fourth-order valence-electron chi connectivity index (χ4n) is 8.01. The molecule has 26 heavy (non-hydrogen) atoms. The van der Waals surface area contributed by atoms with Crippen molar-refractivity contribution in [2.24, 2.45) is 52.3 Å². The monoisotopic (exact) mass is 360 g/mol. The minimum Gasteiger partial charge on any atom is -0.436 e. The van der Waals surface area contributed by atoms with Gasteiger partial charge in [0.15, 0.2) is 6.29 Å². The van der Waals surface area contributed by atoms with Gasteiger partial charge < -0.3 is 9.47 Å². The lowest BCUT2D eigenvalue weighted by molar-refractivity contribution is -0.254. The van der Waals surface area contributed by atoms with Crippen molar-refractivity contribution in [3.05, 3.63) is 0 Å². The molecule has 7 saturated carbocycles. The van der Waals surface area contributed by atoms with Gasteiger partial charge in [-0.1, -0.05) is 6.92 Å². The second kappa shape index (κ2) is 5.72. The van der Waals surface area contributed by atoms with Crippen LogP contribution in [-0.4, -0.2) is 18.9 Å². The second-order valence-electron chi connectivity index (χ2n) is 11.2. The van der Waals surface area contributed by atoms with Crippen LogP contribution in [0.2, 0.25) is 0 Å². The molecule has 0 heterocycles. The van der Waals surface area contributed by atoms with Gasteiger partial charge in [-0.15, -0.1) is 0 Å². The van der Waals surface area contributed by atoms with Crippen molar-refractivity contribution in [2.45, 2.75) is 78.9 Å². The molecule has 0 aromatic rings. The van der Waals surface area contributed by atoms with Gasteiger partial charge in [-0.05, 0) is 113 Å². The Bertz CT molecular complexity index is 534. The largest absolute Gasteiger partial charge is 0.436 e. The highest BCUT2D eigenvalue weighted by Crippen LogP contribution is 2.74. The van der Waals surface area contributed by atoms with E-state index in [9.17, 15) is 4.79 Å². The lowest BCUT2D eigenvalue weighted by Crippen LogP contribution is -2.66. The molecule has 7 fully saturated rings. The van der Waals surface area contributed by atoms with Gasteiger partial charge in [0.25, 0.3) is 0 Å². The van der Waals surface area contributed by atoms with E-state index >= 15 is 0 Å². The number of hydrogen-bond donors (Lipinski definition) is 0. The van der Waals surface area contributed by atoms with E-state index < -0.39 is 11.7 Å². The highest BCUT2D eigenvalue weighted by molar-refractivity contribution is 5.75. The molecule has 8 bridgehead atoms. The lowest BCUT2D eigenvalue weighted by atomic mass is 9.33. The Morgan fingerprint density at radius 1 is 1.00 bits per heavy atom. The molecule has 0 amide bonds. The molecule has 7 rings (SSSR count). The van der Waals surface area contributed by atoms with Gasteiger partial charge in [0.1, 0.15) is 0 Å². The zero-order valence-corrected chi connectivity index (χ0v) is 17.0. The predicted molar refractivity (Wildman–Crippen MR) is 100 cm³/mol. The van der Waals surface area contributed by atoms with Crippen LogP contribution in [0, 0.1) is 52.3 Å². The Labute approximate surface area is 158 Å². The molecule has 1 unspecified atom stereocenters. The number of carbonyl (C=O) groups is 1. The molecule has 1 atom stereocenters. The highest BCUT2D eigenvalue weighted by Gasteiger charge is 2.67. The first kappa shape index (κ1) is 17.5. The first-order valence-corrected chi connectivity index (χ1v) is 11.1. The van der Waals surface area contributed by atoms with Crippen LogP contribution in [0.15, 0.2) is 0 Å². The van der Waals surface area contributed by atoms with Crippen LogP contribution in [0.4, 0.5) is 0 Å². The Morgan fingerprint density at radius 3 is 1.96 bits per heavy atom. The summed E-state index contributed by atoms with van der Waals surface area (Å²) >= 11 is 0. The van der Waals surface area contributed by atoms with Gasteiger partial charge in [0.2, 0.25) is 0 Å². The molecule has 0 aromatic carbocycles. The quantitative estimate of drug-likeness (QED) is 0.492. The van der Waals surface area contributed by atoms with E-state index in [1.54, 1.807) is 0 Å². The van der Waals surface area contributed by atoms with Crippen LogP contribution in [0.3, 0.4) is 0 Å². The van der Waals surface area contributed by atoms with Crippen LogP contribution in [0.5, 0.6) is 0 Å². The van der Waals surface area contributed by atoms with Gasteiger partial charge in [0.05, 0.1) is 12.0 Å². The zero-order chi connectivity index (χ0) is 18.3.